The van der Waals surface area contributed by atoms with E-state index in [0.717, 1.165) is 12.0 Å². The van der Waals surface area contributed by atoms with Crippen LogP contribution in [0.4, 0.5) is 0 Å². The lowest BCUT2D eigenvalue weighted by Crippen LogP contribution is -1.99. The fraction of sp³-hybridized carbons (Fsp3) is 0.0714. The van der Waals surface area contributed by atoms with Gasteiger partial charge in [0.25, 0.3) is 0 Å². The molecule has 1 nitrogen and oxygen atoms in total. The monoisotopic (exact) mass is 223 g/mol. The van der Waals surface area contributed by atoms with Gasteiger partial charge in [-0.2, -0.15) is 5.26 Å². The molecular weight excluding hydrogens is 214 g/mol. The number of hydrogen-bond donors (Lipinski definition) is 0. The number of nitriles is 1. The molecular formula is C14H9NS. The van der Waals surface area contributed by atoms with Crippen molar-refractivity contribution in [2.75, 3.05) is 0 Å². The van der Waals surface area contributed by atoms with Gasteiger partial charge in [0.05, 0.1) is 11.6 Å². The van der Waals surface area contributed by atoms with Crippen LogP contribution in [0.5, 0.6) is 0 Å². The van der Waals surface area contributed by atoms with Gasteiger partial charge in [0.2, 0.25) is 0 Å². The van der Waals surface area contributed by atoms with Crippen LogP contribution in [0.3, 0.4) is 0 Å². The van der Waals surface area contributed by atoms with Crippen LogP contribution < -0.4 is 0 Å². The summed E-state index contributed by atoms with van der Waals surface area (Å²) in [5, 5.41) is 8.88. The molecule has 0 aromatic heterocycles. The number of rotatable bonds is 0. The Morgan fingerprint density at radius 3 is 2.69 bits per heavy atom. The topological polar surface area (TPSA) is 23.8 Å². The Morgan fingerprint density at radius 2 is 1.81 bits per heavy atom. The van der Waals surface area contributed by atoms with E-state index in [2.05, 4.69) is 36.4 Å². The maximum atomic E-state index is 8.88. The highest BCUT2D eigenvalue weighted by Crippen LogP contribution is 2.39. The molecule has 0 saturated carbocycles. The first-order valence-corrected chi connectivity index (χ1v) is 5.97. The van der Waals surface area contributed by atoms with E-state index >= 15 is 0 Å². The molecule has 1 aliphatic rings. The van der Waals surface area contributed by atoms with Crippen molar-refractivity contribution < 1.29 is 0 Å². The molecule has 76 valence electrons. The molecule has 0 saturated heterocycles. The summed E-state index contributed by atoms with van der Waals surface area (Å²) in [5.41, 5.74) is 3.37. The van der Waals surface area contributed by atoms with E-state index in [4.69, 9.17) is 5.26 Å². The molecule has 0 N–H and O–H groups in total. The number of nitrogens with zero attached hydrogens (tertiary/aromatic N) is 1. The first-order chi connectivity index (χ1) is 7.86. The lowest BCUT2D eigenvalue weighted by molar-refractivity contribution is 1.05. The third-order valence-electron chi connectivity index (χ3n) is 2.76. The van der Waals surface area contributed by atoms with Crippen molar-refractivity contribution in [3.63, 3.8) is 0 Å². The number of fused-ring (bicyclic) bond motifs is 2. The molecule has 0 bridgehead atoms. The first-order valence-electron chi connectivity index (χ1n) is 5.15. The molecule has 2 aromatic carbocycles. The molecule has 0 amide bonds. The molecule has 1 aliphatic heterocycles. The fourth-order valence-electron chi connectivity index (χ4n) is 1.96. The van der Waals surface area contributed by atoms with E-state index in [1.54, 1.807) is 11.8 Å². The van der Waals surface area contributed by atoms with Crippen molar-refractivity contribution in [1.82, 2.24) is 0 Å². The van der Waals surface area contributed by atoms with Gasteiger partial charge in [0.15, 0.2) is 0 Å². The molecule has 16 heavy (non-hydrogen) atoms. The molecule has 0 aliphatic carbocycles. The molecule has 0 spiro atoms. The molecule has 2 heteroatoms. The third-order valence-corrected chi connectivity index (χ3v) is 4.00. The highest BCUT2D eigenvalue weighted by atomic mass is 32.2. The Hall–Kier alpha value is -1.72. The smallest absolute Gasteiger partial charge is 0.0991 e. The Kier molecular flexibility index (Phi) is 2.19. The van der Waals surface area contributed by atoms with Crippen molar-refractivity contribution >= 4 is 11.8 Å². The summed E-state index contributed by atoms with van der Waals surface area (Å²) in [6.07, 6.45) is 0.939. The molecule has 0 radical (unpaired) electrons. The second-order valence-corrected chi connectivity index (χ2v) is 4.90. The summed E-state index contributed by atoms with van der Waals surface area (Å²) in [7, 11) is 0. The Bertz CT molecular complexity index is 596. The van der Waals surface area contributed by atoms with E-state index < -0.39 is 0 Å². The predicted molar refractivity (Wildman–Crippen MR) is 64.5 cm³/mol. The van der Waals surface area contributed by atoms with Crippen molar-refractivity contribution in [2.45, 2.75) is 16.2 Å². The minimum atomic E-state index is 0.749. The average Bonchev–Trinajstić information content (AvgIpc) is 2.35. The van der Waals surface area contributed by atoms with E-state index in [-0.39, 0.29) is 0 Å². The Balaban J connectivity index is 2.09. The zero-order valence-electron chi connectivity index (χ0n) is 8.60. The van der Waals surface area contributed by atoms with Gasteiger partial charge in [0, 0.05) is 9.79 Å². The van der Waals surface area contributed by atoms with Crippen LogP contribution in [0.2, 0.25) is 0 Å². The third kappa shape index (κ3) is 1.50. The van der Waals surface area contributed by atoms with Gasteiger partial charge < -0.3 is 0 Å². The van der Waals surface area contributed by atoms with Crippen LogP contribution >= 0.6 is 11.8 Å². The second-order valence-electron chi connectivity index (χ2n) is 3.82. The first kappa shape index (κ1) is 9.50. The number of hydrogen-bond acceptors (Lipinski definition) is 2. The van der Waals surface area contributed by atoms with Crippen molar-refractivity contribution in [3.8, 4) is 6.07 Å². The molecule has 0 atom stereocenters. The van der Waals surface area contributed by atoms with Gasteiger partial charge in [-0.3, -0.25) is 0 Å². The quantitative estimate of drug-likeness (QED) is 0.581. The molecule has 2 aromatic rings. The summed E-state index contributed by atoms with van der Waals surface area (Å²) in [5.74, 6) is 0. The van der Waals surface area contributed by atoms with Crippen molar-refractivity contribution in [3.05, 3.63) is 59.2 Å². The average molecular weight is 223 g/mol. The summed E-state index contributed by atoms with van der Waals surface area (Å²) < 4.78 is 0. The lowest BCUT2D eigenvalue weighted by Gasteiger charge is -2.18. The highest BCUT2D eigenvalue weighted by Gasteiger charge is 2.15. The van der Waals surface area contributed by atoms with Crippen molar-refractivity contribution in [1.29, 1.82) is 5.26 Å². The predicted octanol–water partition coefficient (Wildman–Crippen LogP) is 3.61. The van der Waals surface area contributed by atoms with Crippen LogP contribution in [-0.2, 0) is 6.42 Å². The van der Waals surface area contributed by atoms with Gasteiger partial charge in [-0.15, -0.1) is 0 Å². The fourth-order valence-corrected chi connectivity index (χ4v) is 3.01. The standard InChI is InChI=1S/C14H9NS/c15-9-10-5-6-14-12(7-10)8-11-3-1-2-4-13(11)16-14/h1-7H,8H2. The minimum absolute atomic E-state index is 0.749. The normalized spacial score (nSPS) is 12.4. The van der Waals surface area contributed by atoms with Gasteiger partial charge >= 0.3 is 0 Å². The van der Waals surface area contributed by atoms with E-state index in [1.165, 1.54) is 20.9 Å². The summed E-state index contributed by atoms with van der Waals surface area (Å²) in [6.45, 7) is 0. The van der Waals surface area contributed by atoms with Gasteiger partial charge in [-0.25, -0.2) is 0 Å². The lowest BCUT2D eigenvalue weighted by atomic mass is 10.0. The maximum Gasteiger partial charge on any atom is 0.0991 e. The summed E-state index contributed by atoms with van der Waals surface area (Å²) >= 11 is 1.79. The van der Waals surface area contributed by atoms with Crippen LogP contribution in [-0.4, -0.2) is 0 Å². The van der Waals surface area contributed by atoms with Crippen LogP contribution in [0.25, 0.3) is 0 Å². The second kappa shape index (κ2) is 3.70. The van der Waals surface area contributed by atoms with Crippen molar-refractivity contribution in [2.24, 2.45) is 0 Å². The maximum absolute atomic E-state index is 8.88. The van der Waals surface area contributed by atoms with Gasteiger partial charge in [-0.1, -0.05) is 30.0 Å². The van der Waals surface area contributed by atoms with Crippen LogP contribution in [0.1, 0.15) is 16.7 Å². The SMILES string of the molecule is N#Cc1ccc2c(c1)Cc1ccccc1S2. The summed E-state index contributed by atoms with van der Waals surface area (Å²) in [4.78, 5) is 2.61. The summed E-state index contributed by atoms with van der Waals surface area (Å²) in [6, 6.07) is 16.6. The zero-order chi connectivity index (χ0) is 11.0. The Labute approximate surface area is 98.7 Å². The van der Waals surface area contributed by atoms with Gasteiger partial charge in [0.1, 0.15) is 0 Å². The van der Waals surface area contributed by atoms with Crippen LogP contribution in [0.15, 0.2) is 52.3 Å². The Morgan fingerprint density at radius 1 is 1.00 bits per heavy atom. The molecule has 0 fully saturated rings. The van der Waals surface area contributed by atoms with E-state index in [9.17, 15) is 0 Å². The zero-order valence-corrected chi connectivity index (χ0v) is 9.42. The largest absolute Gasteiger partial charge is 0.192 e. The number of benzene rings is 2. The molecule has 3 rings (SSSR count). The van der Waals surface area contributed by atoms with E-state index in [0.29, 0.717) is 0 Å². The molecule has 0 unspecified atom stereocenters. The highest BCUT2D eigenvalue weighted by molar-refractivity contribution is 7.99. The van der Waals surface area contributed by atoms with E-state index in [1.807, 2.05) is 12.1 Å². The molecule has 1 heterocycles. The van der Waals surface area contributed by atoms with Crippen LogP contribution in [0, 0.1) is 11.3 Å². The minimum Gasteiger partial charge on any atom is -0.192 e. The van der Waals surface area contributed by atoms with Gasteiger partial charge in [-0.05, 0) is 41.8 Å².